The van der Waals surface area contributed by atoms with Crippen LogP contribution >= 0.6 is 0 Å². The smallest absolute Gasteiger partial charge is 0.312 e. The predicted molar refractivity (Wildman–Crippen MR) is 95.8 cm³/mol. The van der Waals surface area contributed by atoms with Gasteiger partial charge in [0.15, 0.2) is 5.78 Å². The molecule has 0 saturated carbocycles. The first-order valence-corrected chi connectivity index (χ1v) is 8.61. The van der Waals surface area contributed by atoms with Crippen LogP contribution in [0.15, 0.2) is 24.3 Å². The van der Waals surface area contributed by atoms with Crippen LogP contribution in [0.2, 0.25) is 0 Å². The molecule has 0 spiro atoms. The van der Waals surface area contributed by atoms with Crippen LogP contribution in [0, 0.1) is 11.3 Å². The molecule has 0 heterocycles. The summed E-state index contributed by atoms with van der Waals surface area (Å²) in [7, 11) is 0. The van der Waals surface area contributed by atoms with Crippen LogP contribution in [0.1, 0.15) is 57.8 Å². The van der Waals surface area contributed by atoms with E-state index in [1.807, 2.05) is 13.8 Å². The Kier molecular flexibility index (Phi) is 7.81. The van der Waals surface area contributed by atoms with Gasteiger partial charge >= 0.3 is 5.97 Å². The van der Waals surface area contributed by atoms with Gasteiger partial charge in [-0.15, -0.1) is 0 Å². The largest absolute Gasteiger partial charge is 0.490 e. The number of esters is 1. The number of benzene rings is 1. The van der Waals surface area contributed by atoms with Gasteiger partial charge in [-0.3, -0.25) is 14.4 Å². The molecule has 0 saturated heterocycles. The lowest BCUT2D eigenvalue weighted by Gasteiger charge is -2.23. The molecule has 0 amide bonds. The zero-order chi connectivity index (χ0) is 19.0. The molecule has 0 radical (unpaired) electrons. The summed E-state index contributed by atoms with van der Waals surface area (Å²) in [5.41, 5.74) is -0.226. The molecule has 0 N–H and O–H groups in total. The lowest BCUT2D eigenvalue weighted by atomic mass is 9.83. The van der Waals surface area contributed by atoms with Gasteiger partial charge in [-0.2, -0.15) is 0 Å². The molecule has 1 aromatic rings. The van der Waals surface area contributed by atoms with E-state index in [-0.39, 0.29) is 37.1 Å². The quantitative estimate of drug-likeness (QED) is 0.365. The highest BCUT2D eigenvalue weighted by molar-refractivity contribution is 5.94. The Morgan fingerprint density at radius 2 is 1.68 bits per heavy atom. The van der Waals surface area contributed by atoms with E-state index in [4.69, 9.17) is 9.47 Å². The molecule has 0 aliphatic carbocycles. The van der Waals surface area contributed by atoms with Crippen molar-refractivity contribution in [1.29, 1.82) is 0 Å². The van der Waals surface area contributed by atoms with E-state index in [1.165, 1.54) is 6.92 Å². The van der Waals surface area contributed by atoms with Gasteiger partial charge in [-0.1, -0.05) is 13.8 Å². The number of carbonyl (C=O) groups excluding carboxylic acids is 3. The molecule has 0 aliphatic rings. The highest BCUT2D eigenvalue weighted by Gasteiger charge is 2.33. The molecule has 1 aromatic carbocycles. The SMILES string of the molecule is CCC(C)C(=O)CC(C)(C)C(=O)OCCOc1ccc(C(C)=O)cc1. The maximum Gasteiger partial charge on any atom is 0.312 e. The average Bonchev–Trinajstić information content (AvgIpc) is 2.57. The van der Waals surface area contributed by atoms with Crippen molar-refractivity contribution in [3.8, 4) is 5.75 Å². The van der Waals surface area contributed by atoms with Gasteiger partial charge < -0.3 is 9.47 Å². The first-order valence-electron chi connectivity index (χ1n) is 8.61. The summed E-state index contributed by atoms with van der Waals surface area (Å²) in [6.45, 7) is 9.08. The average molecular weight is 348 g/mol. The van der Waals surface area contributed by atoms with E-state index in [2.05, 4.69) is 0 Å². The second-order valence-electron chi connectivity index (χ2n) is 6.90. The summed E-state index contributed by atoms with van der Waals surface area (Å²) in [6, 6.07) is 6.78. The van der Waals surface area contributed by atoms with Crippen LogP contribution < -0.4 is 4.74 Å². The van der Waals surface area contributed by atoms with Crippen LogP contribution in [0.3, 0.4) is 0 Å². The third-order valence-electron chi connectivity index (χ3n) is 4.18. The van der Waals surface area contributed by atoms with Gasteiger partial charge in [0, 0.05) is 17.9 Å². The lowest BCUT2D eigenvalue weighted by Crippen LogP contribution is -2.32. The maximum absolute atomic E-state index is 12.2. The summed E-state index contributed by atoms with van der Waals surface area (Å²) in [4.78, 5) is 35.4. The molecule has 0 fully saturated rings. The third-order valence-corrected chi connectivity index (χ3v) is 4.18. The number of rotatable bonds is 10. The Morgan fingerprint density at radius 3 is 2.20 bits per heavy atom. The van der Waals surface area contributed by atoms with Crippen molar-refractivity contribution in [3.05, 3.63) is 29.8 Å². The van der Waals surface area contributed by atoms with Crippen molar-refractivity contribution in [2.45, 2.75) is 47.5 Å². The fraction of sp³-hybridized carbons (Fsp3) is 0.550. The summed E-state index contributed by atoms with van der Waals surface area (Å²) in [5, 5.41) is 0. The molecule has 5 heteroatoms. The molecule has 1 unspecified atom stereocenters. The molecule has 1 rings (SSSR count). The minimum absolute atomic E-state index is 0.00495. The molecule has 0 aliphatic heterocycles. The fourth-order valence-corrected chi connectivity index (χ4v) is 2.18. The summed E-state index contributed by atoms with van der Waals surface area (Å²) >= 11 is 0. The van der Waals surface area contributed by atoms with Gasteiger partial charge in [0.1, 0.15) is 24.7 Å². The van der Waals surface area contributed by atoms with Crippen molar-refractivity contribution in [2.24, 2.45) is 11.3 Å². The number of ether oxygens (including phenoxy) is 2. The fourth-order valence-electron chi connectivity index (χ4n) is 2.18. The van der Waals surface area contributed by atoms with Gasteiger partial charge in [0.2, 0.25) is 0 Å². The molecule has 1 atom stereocenters. The minimum Gasteiger partial charge on any atom is -0.490 e. The van der Waals surface area contributed by atoms with Crippen LogP contribution in [0.25, 0.3) is 0 Å². The third kappa shape index (κ3) is 6.69. The summed E-state index contributed by atoms with van der Waals surface area (Å²) < 4.78 is 10.7. The number of ketones is 2. The highest BCUT2D eigenvalue weighted by atomic mass is 16.6. The van der Waals surface area contributed by atoms with Gasteiger partial charge in [0.05, 0.1) is 5.41 Å². The van der Waals surface area contributed by atoms with E-state index in [0.717, 1.165) is 6.42 Å². The first kappa shape index (κ1) is 20.9. The highest BCUT2D eigenvalue weighted by Crippen LogP contribution is 2.25. The van der Waals surface area contributed by atoms with Crippen molar-refractivity contribution in [2.75, 3.05) is 13.2 Å². The molecule has 0 aromatic heterocycles. The predicted octanol–water partition coefficient (Wildman–Crippen LogP) is 3.84. The first-order chi connectivity index (χ1) is 11.7. The zero-order valence-corrected chi connectivity index (χ0v) is 15.8. The number of Topliss-reactive ketones (excluding diaryl/α,β-unsaturated/α-hetero) is 2. The summed E-state index contributed by atoms with van der Waals surface area (Å²) in [6.07, 6.45) is 0.939. The minimum atomic E-state index is -0.844. The Bertz CT molecular complexity index is 601. The number of hydrogen-bond acceptors (Lipinski definition) is 5. The Hall–Kier alpha value is -2.17. The monoisotopic (exact) mass is 348 g/mol. The second kappa shape index (κ2) is 9.35. The van der Waals surface area contributed by atoms with E-state index in [0.29, 0.717) is 11.3 Å². The number of carbonyl (C=O) groups is 3. The van der Waals surface area contributed by atoms with E-state index < -0.39 is 11.4 Å². The Morgan fingerprint density at radius 1 is 1.08 bits per heavy atom. The van der Waals surface area contributed by atoms with Crippen molar-refractivity contribution >= 4 is 17.5 Å². The normalized spacial score (nSPS) is 12.4. The molecule has 138 valence electrons. The number of hydrogen-bond donors (Lipinski definition) is 0. The van der Waals surface area contributed by atoms with Gasteiger partial charge in [-0.05, 0) is 51.5 Å². The van der Waals surface area contributed by atoms with Crippen LogP contribution in [0.4, 0.5) is 0 Å². The van der Waals surface area contributed by atoms with E-state index in [1.54, 1.807) is 38.1 Å². The van der Waals surface area contributed by atoms with E-state index in [9.17, 15) is 14.4 Å². The molecule has 0 bridgehead atoms. The van der Waals surface area contributed by atoms with Crippen molar-refractivity contribution in [3.63, 3.8) is 0 Å². The van der Waals surface area contributed by atoms with Crippen LogP contribution in [-0.2, 0) is 14.3 Å². The lowest BCUT2D eigenvalue weighted by molar-refractivity contribution is -0.156. The van der Waals surface area contributed by atoms with Crippen LogP contribution in [-0.4, -0.2) is 30.7 Å². The molecule has 25 heavy (non-hydrogen) atoms. The Balaban J connectivity index is 2.40. The standard InChI is InChI=1S/C20H28O5/c1-6-14(2)18(22)13-20(4,5)19(23)25-12-11-24-17-9-7-16(8-10-17)15(3)21/h7-10,14H,6,11-13H2,1-5H3. The van der Waals surface area contributed by atoms with E-state index >= 15 is 0 Å². The topological polar surface area (TPSA) is 69.7 Å². The summed E-state index contributed by atoms with van der Waals surface area (Å²) in [5.74, 6) is 0.223. The van der Waals surface area contributed by atoms with Crippen molar-refractivity contribution in [1.82, 2.24) is 0 Å². The molecular weight excluding hydrogens is 320 g/mol. The Labute approximate surface area is 149 Å². The second-order valence-corrected chi connectivity index (χ2v) is 6.90. The van der Waals surface area contributed by atoms with Crippen molar-refractivity contribution < 1.29 is 23.9 Å². The zero-order valence-electron chi connectivity index (χ0n) is 15.8. The molecule has 5 nitrogen and oxygen atoms in total. The molecular formula is C20H28O5. The maximum atomic E-state index is 12.2. The van der Waals surface area contributed by atoms with Gasteiger partial charge in [0.25, 0.3) is 0 Å². The van der Waals surface area contributed by atoms with Gasteiger partial charge in [-0.25, -0.2) is 0 Å². The van der Waals surface area contributed by atoms with Crippen LogP contribution in [0.5, 0.6) is 5.75 Å².